The van der Waals surface area contributed by atoms with Crippen LogP contribution in [0, 0.1) is 11.8 Å². The van der Waals surface area contributed by atoms with E-state index in [1.54, 1.807) is 0 Å². The fourth-order valence-electron chi connectivity index (χ4n) is 3.08. The van der Waals surface area contributed by atoms with E-state index >= 15 is 0 Å². The lowest BCUT2D eigenvalue weighted by atomic mass is 9.80. The molecule has 1 saturated carbocycles. The standard InChI is InChI=1S/C13H26N2/c1-12-5-2-3-6-13(12)11-15-9-4-7-14-8-10-15/h12-14H,2-11H2,1H3. The molecule has 0 spiro atoms. The molecule has 88 valence electrons. The molecule has 0 aromatic heterocycles. The summed E-state index contributed by atoms with van der Waals surface area (Å²) in [5.74, 6) is 1.95. The van der Waals surface area contributed by atoms with E-state index in [0.29, 0.717) is 0 Å². The van der Waals surface area contributed by atoms with Gasteiger partial charge in [0.15, 0.2) is 0 Å². The van der Waals surface area contributed by atoms with Crippen molar-refractivity contribution in [2.75, 3.05) is 32.7 Å². The number of hydrogen-bond acceptors (Lipinski definition) is 2. The molecule has 1 N–H and O–H groups in total. The van der Waals surface area contributed by atoms with Crippen molar-refractivity contribution in [3.05, 3.63) is 0 Å². The molecular weight excluding hydrogens is 184 g/mol. The van der Waals surface area contributed by atoms with Gasteiger partial charge in [0.05, 0.1) is 0 Å². The van der Waals surface area contributed by atoms with Crippen molar-refractivity contribution in [1.82, 2.24) is 10.2 Å². The predicted octanol–water partition coefficient (Wildman–Crippen LogP) is 2.11. The second-order valence-electron chi connectivity index (χ2n) is 5.43. The maximum absolute atomic E-state index is 3.48. The Morgan fingerprint density at radius 3 is 2.80 bits per heavy atom. The summed E-state index contributed by atoms with van der Waals surface area (Å²) >= 11 is 0. The van der Waals surface area contributed by atoms with Gasteiger partial charge in [0.1, 0.15) is 0 Å². The summed E-state index contributed by atoms with van der Waals surface area (Å²) in [7, 11) is 0. The molecule has 2 aliphatic rings. The van der Waals surface area contributed by atoms with E-state index in [1.165, 1.54) is 64.8 Å². The van der Waals surface area contributed by atoms with Gasteiger partial charge in [-0.2, -0.15) is 0 Å². The number of hydrogen-bond donors (Lipinski definition) is 1. The van der Waals surface area contributed by atoms with Gasteiger partial charge < -0.3 is 10.2 Å². The third-order valence-electron chi connectivity index (χ3n) is 4.21. The summed E-state index contributed by atoms with van der Waals surface area (Å²) in [6, 6.07) is 0. The van der Waals surface area contributed by atoms with Crippen LogP contribution in [0.3, 0.4) is 0 Å². The molecule has 0 radical (unpaired) electrons. The summed E-state index contributed by atoms with van der Waals surface area (Å²) < 4.78 is 0. The summed E-state index contributed by atoms with van der Waals surface area (Å²) in [6.07, 6.45) is 7.23. The smallest absolute Gasteiger partial charge is 0.0107 e. The van der Waals surface area contributed by atoms with Gasteiger partial charge in [-0.1, -0.05) is 26.2 Å². The molecule has 15 heavy (non-hydrogen) atoms. The molecule has 2 unspecified atom stereocenters. The monoisotopic (exact) mass is 210 g/mol. The minimum Gasteiger partial charge on any atom is -0.315 e. The van der Waals surface area contributed by atoms with Crippen LogP contribution >= 0.6 is 0 Å². The first kappa shape index (κ1) is 11.4. The van der Waals surface area contributed by atoms with Crippen molar-refractivity contribution in [3.63, 3.8) is 0 Å². The molecule has 0 bridgehead atoms. The van der Waals surface area contributed by atoms with Crippen LogP contribution in [-0.4, -0.2) is 37.6 Å². The Morgan fingerprint density at radius 2 is 1.93 bits per heavy atom. The molecule has 2 atom stereocenters. The highest BCUT2D eigenvalue weighted by Crippen LogP contribution is 2.30. The van der Waals surface area contributed by atoms with Crippen LogP contribution in [0.5, 0.6) is 0 Å². The molecule has 1 heterocycles. The molecule has 0 aromatic rings. The second kappa shape index (κ2) is 5.86. The predicted molar refractivity (Wildman–Crippen MR) is 65.0 cm³/mol. The SMILES string of the molecule is CC1CCCCC1CN1CCCNCC1. The lowest BCUT2D eigenvalue weighted by molar-refractivity contribution is 0.166. The molecule has 0 amide bonds. The van der Waals surface area contributed by atoms with Crippen LogP contribution in [0.2, 0.25) is 0 Å². The van der Waals surface area contributed by atoms with Crippen molar-refractivity contribution >= 4 is 0 Å². The Kier molecular flexibility index (Phi) is 4.45. The molecule has 2 nitrogen and oxygen atoms in total. The van der Waals surface area contributed by atoms with Crippen LogP contribution in [0.1, 0.15) is 39.0 Å². The first-order chi connectivity index (χ1) is 7.36. The zero-order valence-electron chi connectivity index (χ0n) is 10.2. The molecule has 2 heteroatoms. The highest BCUT2D eigenvalue weighted by atomic mass is 15.2. The van der Waals surface area contributed by atoms with E-state index in [-0.39, 0.29) is 0 Å². The summed E-state index contributed by atoms with van der Waals surface area (Å²) in [6.45, 7) is 8.82. The first-order valence-corrected chi connectivity index (χ1v) is 6.79. The van der Waals surface area contributed by atoms with E-state index in [0.717, 1.165) is 11.8 Å². The largest absolute Gasteiger partial charge is 0.315 e. The molecule has 2 fully saturated rings. The van der Waals surface area contributed by atoms with Gasteiger partial charge in [0, 0.05) is 19.6 Å². The second-order valence-corrected chi connectivity index (χ2v) is 5.43. The lowest BCUT2D eigenvalue weighted by Crippen LogP contribution is -2.35. The molecule has 1 aliphatic carbocycles. The Bertz CT molecular complexity index is 173. The highest BCUT2D eigenvalue weighted by Gasteiger charge is 2.23. The Morgan fingerprint density at radius 1 is 1.07 bits per heavy atom. The average molecular weight is 210 g/mol. The van der Waals surface area contributed by atoms with E-state index in [1.807, 2.05) is 0 Å². The third kappa shape index (κ3) is 3.46. The fraction of sp³-hybridized carbons (Fsp3) is 1.00. The maximum Gasteiger partial charge on any atom is 0.0107 e. The van der Waals surface area contributed by atoms with Crippen LogP contribution < -0.4 is 5.32 Å². The van der Waals surface area contributed by atoms with Crippen molar-refractivity contribution < 1.29 is 0 Å². The quantitative estimate of drug-likeness (QED) is 0.751. The molecule has 1 saturated heterocycles. The summed E-state index contributed by atoms with van der Waals surface area (Å²) in [5.41, 5.74) is 0. The minimum absolute atomic E-state index is 0.968. The minimum atomic E-state index is 0.968. The van der Waals surface area contributed by atoms with Crippen molar-refractivity contribution in [2.24, 2.45) is 11.8 Å². The van der Waals surface area contributed by atoms with Gasteiger partial charge in [-0.25, -0.2) is 0 Å². The number of rotatable bonds is 2. The fourth-order valence-corrected chi connectivity index (χ4v) is 3.08. The van der Waals surface area contributed by atoms with Crippen molar-refractivity contribution in [3.8, 4) is 0 Å². The first-order valence-electron chi connectivity index (χ1n) is 6.79. The highest BCUT2D eigenvalue weighted by molar-refractivity contribution is 4.77. The molecule has 2 rings (SSSR count). The summed E-state index contributed by atoms with van der Waals surface area (Å²) in [5, 5.41) is 3.48. The maximum atomic E-state index is 3.48. The number of nitrogens with one attached hydrogen (secondary N) is 1. The molecular formula is C13H26N2. The third-order valence-corrected chi connectivity index (χ3v) is 4.21. The van der Waals surface area contributed by atoms with Crippen molar-refractivity contribution in [1.29, 1.82) is 0 Å². The van der Waals surface area contributed by atoms with E-state index in [4.69, 9.17) is 0 Å². The van der Waals surface area contributed by atoms with E-state index in [2.05, 4.69) is 17.1 Å². The molecule has 0 aromatic carbocycles. The Labute approximate surface area is 94.4 Å². The number of nitrogens with zero attached hydrogens (tertiary/aromatic N) is 1. The van der Waals surface area contributed by atoms with Crippen LogP contribution in [-0.2, 0) is 0 Å². The van der Waals surface area contributed by atoms with Gasteiger partial charge in [0.2, 0.25) is 0 Å². The molecule has 1 aliphatic heterocycles. The normalized spacial score (nSPS) is 35.0. The summed E-state index contributed by atoms with van der Waals surface area (Å²) in [4.78, 5) is 2.69. The van der Waals surface area contributed by atoms with Gasteiger partial charge in [0.25, 0.3) is 0 Å². The van der Waals surface area contributed by atoms with Crippen LogP contribution in [0.15, 0.2) is 0 Å². The van der Waals surface area contributed by atoms with Crippen LogP contribution in [0.4, 0.5) is 0 Å². The van der Waals surface area contributed by atoms with Crippen molar-refractivity contribution in [2.45, 2.75) is 39.0 Å². The lowest BCUT2D eigenvalue weighted by Gasteiger charge is -2.33. The average Bonchev–Trinajstić information content (AvgIpc) is 2.50. The zero-order valence-corrected chi connectivity index (χ0v) is 10.2. The Balaban J connectivity index is 1.78. The van der Waals surface area contributed by atoms with Gasteiger partial charge >= 0.3 is 0 Å². The topological polar surface area (TPSA) is 15.3 Å². The van der Waals surface area contributed by atoms with Gasteiger partial charge in [-0.3, -0.25) is 0 Å². The Hall–Kier alpha value is -0.0800. The van der Waals surface area contributed by atoms with Crippen LogP contribution in [0.25, 0.3) is 0 Å². The van der Waals surface area contributed by atoms with Gasteiger partial charge in [-0.05, 0) is 37.8 Å². The van der Waals surface area contributed by atoms with Gasteiger partial charge in [-0.15, -0.1) is 0 Å². The van der Waals surface area contributed by atoms with E-state index < -0.39 is 0 Å². The zero-order chi connectivity index (χ0) is 10.5. The van der Waals surface area contributed by atoms with E-state index in [9.17, 15) is 0 Å².